The van der Waals surface area contributed by atoms with Crippen LogP contribution >= 0.6 is 11.3 Å². The molecule has 5 nitrogen and oxygen atoms in total. The molecule has 7 heteroatoms. The average Bonchev–Trinajstić information content (AvgIpc) is 2.73. The van der Waals surface area contributed by atoms with Gasteiger partial charge in [-0.3, -0.25) is 0 Å². The number of nitriles is 1. The Hall–Kier alpha value is -0.940. The lowest BCUT2D eigenvalue weighted by Crippen LogP contribution is -2.33. The maximum Gasteiger partial charge on any atom is 0.250 e. The van der Waals surface area contributed by atoms with Gasteiger partial charge in [0.1, 0.15) is 15.2 Å². The highest BCUT2D eigenvalue weighted by molar-refractivity contribution is 7.91. The van der Waals surface area contributed by atoms with E-state index in [1.165, 1.54) is 12.1 Å². The minimum Gasteiger partial charge on any atom is -0.392 e. The minimum atomic E-state index is -3.64. The predicted octanol–water partition coefficient (Wildman–Crippen LogP) is 1.70. The molecule has 0 radical (unpaired) electrons. The molecule has 1 unspecified atom stereocenters. The van der Waals surface area contributed by atoms with Crippen LogP contribution in [0.3, 0.4) is 0 Å². The normalized spacial score (nSPS) is 14.1. The van der Waals surface area contributed by atoms with Gasteiger partial charge < -0.3 is 5.11 Å². The Morgan fingerprint density at radius 2 is 2.11 bits per heavy atom. The zero-order valence-corrected chi connectivity index (χ0v) is 12.8. The molecular weight excluding hydrogens is 284 g/mol. The van der Waals surface area contributed by atoms with Crippen molar-refractivity contribution in [1.82, 2.24) is 4.72 Å². The average molecular weight is 302 g/mol. The van der Waals surface area contributed by atoms with Gasteiger partial charge in [-0.25, -0.2) is 13.1 Å². The first kappa shape index (κ1) is 16.1. The number of nitrogens with zero attached hydrogens (tertiary/aromatic N) is 1. The number of hydrogen-bond donors (Lipinski definition) is 2. The monoisotopic (exact) mass is 302 g/mol. The van der Waals surface area contributed by atoms with E-state index < -0.39 is 16.1 Å². The van der Waals surface area contributed by atoms with Crippen molar-refractivity contribution in [2.45, 2.75) is 37.5 Å². The fourth-order valence-corrected chi connectivity index (χ4v) is 3.80. The Kier molecular flexibility index (Phi) is 5.10. The van der Waals surface area contributed by atoms with Crippen molar-refractivity contribution in [3.05, 3.63) is 17.0 Å². The minimum absolute atomic E-state index is 0.0284. The molecule has 0 spiro atoms. The van der Waals surface area contributed by atoms with Gasteiger partial charge in [0, 0.05) is 6.54 Å². The van der Waals surface area contributed by atoms with Gasteiger partial charge >= 0.3 is 0 Å². The number of rotatable bonds is 5. The van der Waals surface area contributed by atoms with Crippen molar-refractivity contribution >= 4 is 21.4 Å². The van der Waals surface area contributed by atoms with Crippen LogP contribution in [-0.4, -0.2) is 26.2 Å². The van der Waals surface area contributed by atoms with E-state index in [1.807, 2.05) is 26.8 Å². The van der Waals surface area contributed by atoms with E-state index in [0.29, 0.717) is 11.3 Å². The number of thiophene rings is 1. The van der Waals surface area contributed by atoms with E-state index in [0.717, 1.165) is 11.3 Å². The van der Waals surface area contributed by atoms with Crippen LogP contribution in [0.1, 0.15) is 32.1 Å². The second-order valence-electron chi connectivity index (χ2n) is 5.50. The van der Waals surface area contributed by atoms with E-state index >= 15 is 0 Å². The molecule has 0 aliphatic rings. The van der Waals surface area contributed by atoms with Gasteiger partial charge in [-0.05, 0) is 24.0 Å². The van der Waals surface area contributed by atoms with Crippen LogP contribution in [0.15, 0.2) is 16.3 Å². The van der Waals surface area contributed by atoms with Crippen LogP contribution in [0.5, 0.6) is 0 Å². The smallest absolute Gasteiger partial charge is 0.250 e. The van der Waals surface area contributed by atoms with Gasteiger partial charge in [-0.15, -0.1) is 11.3 Å². The summed E-state index contributed by atoms with van der Waals surface area (Å²) >= 11 is 0.911. The summed E-state index contributed by atoms with van der Waals surface area (Å²) < 4.78 is 26.3. The molecule has 1 rings (SSSR count). The highest BCUT2D eigenvalue weighted by atomic mass is 32.2. The summed E-state index contributed by atoms with van der Waals surface area (Å²) in [6, 6.07) is 4.75. The molecule has 1 atom stereocenters. The van der Waals surface area contributed by atoms with Gasteiger partial charge in [0.25, 0.3) is 0 Å². The third-order valence-electron chi connectivity index (χ3n) is 2.31. The lowest BCUT2D eigenvalue weighted by Gasteiger charge is -2.22. The van der Waals surface area contributed by atoms with Crippen molar-refractivity contribution < 1.29 is 13.5 Å². The number of nitrogens with one attached hydrogen (secondary N) is 1. The summed E-state index contributed by atoms with van der Waals surface area (Å²) in [4.78, 5) is 0.343. The lowest BCUT2D eigenvalue weighted by atomic mass is 9.89. The third kappa shape index (κ3) is 5.28. The summed E-state index contributed by atoms with van der Waals surface area (Å²) in [5.41, 5.74) is -0.0677. The van der Waals surface area contributed by atoms with Crippen LogP contribution in [0.2, 0.25) is 0 Å². The van der Waals surface area contributed by atoms with E-state index in [2.05, 4.69) is 4.72 Å². The number of aliphatic hydroxyl groups is 1. The second-order valence-corrected chi connectivity index (χ2v) is 8.58. The van der Waals surface area contributed by atoms with Crippen LogP contribution in [0.25, 0.3) is 0 Å². The van der Waals surface area contributed by atoms with Crippen LogP contribution in [0.4, 0.5) is 0 Å². The first-order valence-corrected chi connectivity index (χ1v) is 8.12. The first-order valence-electron chi connectivity index (χ1n) is 5.82. The summed E-state index contributed by atoms with van der Waals surface area (Å²) in [5, 5.41) is 18.4. The Labute approximate surface area is 117 Å². The Balaban J connectivity index is 2.64. The fourth-order valence-electron chi connectivity index (χ4n) is 1.58. The largest absolute Gasteiger partial charge is 0.392 e. The zero-order chi connectivity index (χ0) is 14.7. The summed E-state index contributed by atoms with van der Waals surface area (Å²) in [6.45, 7) is 5.90. The molecule has 0 saturated heterocycles. The molecule has 0 fully saturated rings. The molecule has 19 heavy (non-hydrogen) atoms. The molecule has 0 aromatic carbocycles. The fraction of sp³-hybridized carbons (Fsp3) is 0.583. The predicted molar refractivity (Wildman–Crippen MR) is 74.3 cm³/mol. The SMILES string of the molecule is CC(C)(C)CC(O)CNS(=O)(=O)c1ccc(C#N)s1. The van der Waals surface area contributed by atoms with E-state index in [9.17, 15) is 13.5 Å². The standard InChI is InChI=1S/C12H18N2O3S2/c1-12(2,3)6-9(15)8-14-19(16,17)11-5-4-10(7-13)18-11/h4-5,9,14-15H,6,8H2,1-3H3. The van der Waals surface area contributed by atoms with Crippen molar-refractivity contribution in [3.63, 3.8) is 0 Å². The van der Waals surface area contributed by atoms with Crippen LogP contribution < -0.4 is 4.72 Å². The van der Waals surface area contributed by atoms with Crippen molar-refractivity contribution in [2.24, 2.45) is 5.41 Å². The summed E-state index contributed by atoms with van der Waals surface area (Å²) in [7, 11) is -3.64. The molecule has 2 N–H and O–H groups in total. The highest BCUT2D eigenvalue weighted by Gasteiger charge is 2.21. The molecule has 1 aromatic rings. The van der Waals surface area contributed by atoms with Gasteiger partial charge in [0.05, 0.1) is 6.10 Å². The first-order chi connectivity index (χ1) is 8.64. The summed E-state index contributed by atoms with van der Waals surface area (Å²) in [6.07, 6.45) is -0.228. The Morgan fingerprint density at radius 3 is 2.58 bits per heavy atom. The van der Waals surface area contributed by atoms with Gasteiger partial charge in [0.15, 0.2) is 0 Å². The zero-order valence-electron chi connectivity index (χ0n) is 11.2. The van der Waals surface area contributed by atoms with Gasteiger partial charge in [-0.2, -0.15) is 5.26 Å². The third-order valence-corrected chi connectivity index (χ3v) is 5.22. The van der Waals surface area contributed by atoms with E-state index in [1.54, 1.807) is 0 Å². The maximum absolute atomic E-state index is 11.9. The quantitative estimate of drug-likeness (QED) is 0.866. The highest BCUT2D eigenvalue weighted by Crippen LogP contribution is 2.22. The van der Waals surface area contributed by atoms with E-state index in [-0.39, 0.29) is 16.2 Å². The molecule has 106 valence electrons. The summed E-state index contributed by atoms with van der Waals surface area (Å²) in [5.74, 6) is 0. The number of hydrogen-bond acceptors (Lipinski definition) is 5. The number of aliphatic hydroxyl groups excluding tert-OH is 1. The van der Waals surface area contributed by atoms with Crippen LogP contribution in [-0.2, 0) is 10.0 Å². The van der Waals surface area contributed by atoms with Crippen molar-refractivity contribution in [3.8, 4) is 6.07 Å². The van der Waals surface area contributed by atoms with Crippen LogP contribution in [0, 0.1) is 16.7 Å². The molecule has 1 heterocycles. The van der Waals surface area contributed by atoms with Crippen molar-refractivity contribution in [2.75, 3.05) is 6.54 Å². The van der Waals surface area contributed by atoms with Gasteiger partial charge in [-0.1, -0.05) is 20.8 Å². The molecule has 0 aliphatic carbocycles. The topological polar surface area (TPSA) is 90.2 Å². The Bertz CT molecular complexity index is 565. The molecule has 0 amide bonds. The molecule has 1 aromatic heterocycles. The molecule has 0 saturated carbocycles. The number of sulfonamides is 1. The molecule has 0 bridgehead atoms. The maximum atomic E-state index is 11.9. The van der Waals surface area contributed by atoms with E-state index in [4.69, 9.17) is 5.26 Å². The molecular formula is C12H18N2O3S2. The second kappa shape index (κ2) is 6.01. The Morgan fingerprint density at radius 1 is 1.47 bits per heavy atom. The lowest BCUT2D eigenvalue weighted by molar-refractivity contribution is 0.125. The van der Waals surface area contributed by atoms with Gasteiger partial charge in [0.2, 0.25) is 10.0 Å². The molecule has 0 aliphatic heterocycles. The van der Waals surface area contributed by atoms with Crippen molar-refractivity contribution in [1.29, 1.82) is 5.26 Å².